The lowest BCUT2D eigenvalue weighted by atomic mass is 10.1. The molecule has 0 spiro atoms. The second-order valence-electron chi connectivity index (χ2n) is 7.50. The van der Waals surface area contributed by atoms with Crippen LogP contribution in [0.15, 0.2) is 101 Å². The zero-order chi connectivity index (χ0) is 23.5. The van der Waals surface area contributed by atoms with Gasteiger partial charge in [0.1, 0.15) is 10.8 Å². The molecule has 0 fully saturated rings. The molecule has 2 heterocycles. The molecule has 3 aromatic rings. The van der Waals surface area contributed by atoms with Crippen LogP contribution in [0.4, 0.5) is 0 Å². The topological polar surface area (TPSA) is 95.2 Å². The summed E-state index contributed by atoms with van der Waals surface area (Å²) in [6, 6.07) is 25.3. The van der Waals surface area contributed by atoms with Gasteiger partial charge in [-0.15, -0.1) is 0 Å². The molecule has 1 amide bonds. The van der Waals surface area contributed by atoms with E-state index in [1.54, 1.807) is 54.6 Å². The molecule has 0 atom stereocenters. The predicted molar refractivity (Wildman–Crippen MR) is 133 cm³/mol. The van der Waals surface area contributed by atoms with Crippen LogP contribution in [-0.4, -0.2) is 32.9 Å². The lowest BCUT2D eigenvalue weighted by Crippen LogP contribution is -2.35. The number of aliphatic imine (C=N–C) groups is 1. The van der Waals surface area contributed by atoms with Crippen molar-refractivity contribution in [2.75, 3.05) is 0 Å². The number of esters is 1. The molecule has 0 saturated carbocycles. The summed E-state index contributed by atoms with van der Waals surface area (Å²) in [5.74, 6) is -0.578. The molecule has 166 valence electrons. The van der Waals surface area contributed by atoms with Crippen molar-refractivity contribution in [3.8, 4) is 5.75 Å². The minimum Gasteiger partial charge on any atom is -0.423 e. The van der Waals surface area contributed by atoms with E-state index in [0.717, 1.165) is 10.6 Å². The Morgan fingerprint density at radius 1 is 0.971 bits per heavy atom. The van der Waals surface area contributed by atoms with Crippen LogP contribution in [0.1, 0.15) is 21.5 Å². The van der Waals surface area contributed by atoms with Crippen LogP contribution in [0.2, 0.25) is 0 Å². The smallest absolute Gasteiger partial charge is 0.343 e. The first-order chi connectivity index (χ1) is 16.6. The highest BCUT2D eigenvalue weighted by Gasteiger charge is 2.35. The minimum atomic E-state index is -0.487. The Balaban J connectivity index is 1.31. The molecule has 0 unspecified atom stereocenters. The van der Waals surface area contributed by atoms with E-state index in [4.69, 9.17) is 10.1 Å². The Morgan fingerprint density at radius 2 is 1.65 bits per heavy atom. The van der Waals surface area contributed by atoms with E-state index in [1.165, 1.54) is 16.8 Å². The fraction of sp³-hybridized carbons (Fsp3) is 0.0385. The molecule has 0 saturated heterocycles. The summed E-state index contributed by atoms with van der Waals surface area (Å²) in [5, 5.41) is 15.6. The molecule has 0 aromatic heterocycles. The molecular formula is C26H18N4O3S. The van der Waals surface area contributed by atoms with Crippen LogP contribution in [0.5, 0.6) is 5.75 Å². The van der Waals surface area contributed by atoms with Gasteiger partial charge >= 0.3 is 5.97 Å². The van der Waals surface area contributed by atoms with Crippen LogP contribution in [0, 0.1) is 5.41 Å². The van der Waals surface area contributed by atoms with Crippen molar-refractivity contribution < 1.29 is 14.3 Å². The Kier molecular flexibility index (Phi) is 5.88. The van der Waals surface area contributed by atoms with Gasteiger partial charge in [-0.1, -0.05) is 60.7 Å². The molecule has 7 nitrogen and oxygen atoms in total. The number of amidine groups is 2. The standard InChI is InChI=1S/C26H18N4O3S/c27-23-21(15-18-11-13-20(14-12-18)33-25(32)19-9-5-2-6-10-19)24(31)28-26-30(23)29-22(34-26)16-17-7-3-1-4-8-17/h1-15,27H,16H2/b21-15-,27-23?. The van der Waals surface area contributed by atoms with E-state index in [-0.39, 0.29) is 11.4 Å². The van der Waals surface area contributed by atoms with Gasteiger partial charge in [0, 0.05) is 6.42 Å². The summed E-state index contributed by atoms with van der Waals surface area (Å²) >= 11 is 1.30. The normalized spacial score (nSPS) is 16.2. The average Bonchev–Trinajstić information content (AvgIpc) is 3.26. The third-order valence-corrected chi connectivity index (χ3v) is 6.01. The Bertz CT molecular complexity index is 1360. The lowest BCUT2D eigenvalue weighted by molar-refractivity contribution is -0.114. The zero-order valence-corrected chi connectivity index (χ0v) is 18.7. The number of hydrogen-bond donors (Lipinski definition) is 1. The predicted octanol–water partition coefficient (Wildman–Crippen LogP) is 4.77. The molecule has 0 bridgehead atoms. The number of carbonyl (C=O) groups is 2. The highest BCUT2D eigenvalue weighted by atomic mass is 32.2. The molecule has 34 heavy (non-hydrogen) atoms. The second kappa shape index (κ2) is 9.29. The van der Waals surface area contributed by atoms with Crippen LogP contribution in [0.25, 0.3) is 6.08 Å². The number of thioether (sulfide) groups is 1. The van der Waals surface area contributed by atoms with Crippen LogP contribution >= 0.6 is 11.8 Å². The largest absolute Gasteiger partial charge is 0.423 e. The molecule has 2 aliphatic rings. The zero-order valence-electron chi connectivity index (χ0n) is 17.8. The SMILES string of the molecule is N=C1/C(=C/c2ccc(OC(=O)c3ccccc3)cc2)C(=O)N=C2SC(Cc3ccccc3)=NN12. The summed E-state index contributed by atoms with van der Waals surface area (Å²) in [4.78, 5) is 29.0. The van der Waals surface area contributed by atoms with Crippen molar-refractivity contribution in [3.05, 3.63) is 107 Å². The van der Waals surface area contributed by atoms with Gasteiger partial charge in [0.05, 0.1) is 11.1 Å². The van der Waals surface area contributed by atoms with E-state index >= 15 is 0 Å². The van der Waals surface area contributed by atoms with Crippen molar-refractivity contribution in [1.82, 2.24) is 5.01 Å². The van der Waals surface area contributed by atoms with Crippen molar-refractivity contribution in [2.45, 2.75) is 6.42 Å². The number of hydrogen-bond acceptors (Lipinski definition) is 6. The third kappa shape index (κ3) is 4.57. The molecule has 0 aliphatic carbocycles. The summed E-state index contributed by atoms with van der Waals surface area (Å²) in [6.07, 6.45) is 2.19. The number of rotatable bonds is 5. The molecule has 0 radical (unpaired) electrons. The second-order valence-corrected chi connectivity index (χ2v) is 8.54. The van der Waals surface area contributed by atoms with Crippen LogP contribution < -0.4 is 4.74 Å². The maximum atomic E-state index is 12.6. The van der Waals surface area contributed by atoms with E-state index in [1.807, 2.05) is 36.4 Å². The molecule has 2 aliphatic heterocycles. The Labute approximate surface area is 200 Å². The maximum Gasteiger partial charge on any atom is 0.343 e. The summed E-state index contributed by atoms with van der Waals surface area (Å²) in [5.41, 5.74) is 2.37. The van der Waals surface area contributed by atoms with Gasteiger partial charge in [0.2, 0.25) is 5.17 Å². The van der Waals surface area contributed by atoms with Crippen molar-refractivity contribution in [2.24, 2.45) is 10.1 Å². The fourth-order valence-electron chi connectivity index (χ4n) is 3.41. The van der Waals surface area contributed by atoms with Gasteiger partial charge < -0.3 is 4.74 Å². The fourth-order valence-corrected chi connectivity index (χ4v) is 4.33. The van der Waals surface area contributed by atoms with Gasteiger partial charge in [-0.3, -0.25) is 10.2 Å². The number of hydrazone groups is 1. The average molecular weight is 467 g/mol. The van der Waals surface area contributed by atoms with E-state index in [2.05, 4.69) is 10.1 Å². The van der Waals surface area contributed by atoms with Crippen molar-refractivity contribution in [3.63, 3.8) is 0 Å². The number of carbonyl (C=O) groups excluding carboxylic acids is 2. The third-order valence-electron chi connectivity index (χ3n) is 5.11. The quantitative estimate of drug-likeness (QED) is 0.332. The van der Waals surface area contributed by atoms with Gasteiger partial charge in [0.15, 0.2) is 5.84 Å². The first-order valence-electron chi connectivity index (χ1n) is 10.5. The number of ether oxygens (including phenoxy) is 1. The number of nitrogens with one attached hydrogen (secondary N) is 1. The number of amides is 1. The van der Waals surface area contributed by atoms with Crippen LogP contribution in [0.3, 0.4) is 0 Å². The maximum absolute atomic E-state index is 12.6. The minimum absolute atomic E-state index is 0.0230. The summed E-state index contributed by atoms with van der Waals surface area (Å²) in [7, 11) is 0. The van der Waals surface area contributed by atoms with E-state index in [9.17, 15) is 9.59 Å². The summed E-state index contributed by atoms with van der Waals surface area (Å²) < 4.78 is 5.39. The summed E-state index contributed by atoms with van der Waals surface area (Å²) in [6.45, 7) is 0. The lowest BCUT2D eigenvalue weighted by Gasteiger charge is -2.20. The van der Waals surface area contributed by atoms with Crippen molar-refractivity contribution >= 4 is 45.8 Å². The van der Waals surface area contributed by atoms with Crippen LogP contribution in [-0.2, 0) is 11.2 Å². The number of fused-ring (bicyclic) bond motifs is 1. The Hall–Kier alpha value is -4.30. The Morgan fingerprint density at radius 3 is 2.35 bits per heavy atom. The van der Waals surface area contributed by atoms with Gasteiger partial charge in [0.25, 0.3) is 5.91 Å². The van der Waals surface area contributed by atoms with Gasteiger partial charge in [-0.2, -0.15) is 15.1 Å². The van der Waals surface area contributed by atoms with E-state index in [0.29, 0.717) is 28.5 Å². The highest BCUT2D eigenvalue weighted by Crippen LogP contribution is 2.29. The molecule has 5 rings (SSSR count). The van der Waals surface area contributed by atoms with E-state index < -0.39 is 11.9 Å². The molecule has 8 heteroatoms. The first-order valence-corrected chi connectivity index (χ1v) is 11.3. The monoisotopic (exact) mass is 466 g/mol. The van der Waals surface area contributed by atoms with Gasteiger partial charge in [-0.05, 0) is 53.2 Å². The number of benzene rings is 3. The van der Waals surface area contributed by atoms with Crippen molar-refractivity contribution in [1.29, 1.82) is 5.41 Å². The first kappa shape index (κ1) is 21.5. The molecule has 3 aromatic carbocycles. The molecular weight excluding hydrogens is 448 g/mol. The van der Waals surface area contributed by atoms with Gasteiger partial charge in [-0.25, -0.2) is 4.79 Å². The number of nitrogens with zero attached hydrogens (tertiary/aromatic N) is 3. The highest BCUT2D eigenvalue weighted by molar-refractivity contribution is 8.26. The molecule has 1 N–H and O–H groups in total.